The Bertz CT molecular complexity index is 752. The van der Waals surface area contributed by atoms with Crippen LogP contribution in [0.3, 0.4) is 0 Å². The topological polar surface area (TPSA) is 50.7 Å². The van der Waals surface area contributed by atoms with Crippen molar-refractivity contribution in [1.29, 1.82) is 0 Å². The highest BCUT2D eigenvalue weighted by Crippen LogP contribution is 2.28. The molecule has 2 aromatic heterocycles. The van der Waals surface area contributed by atoms with Crippen LogP contribution in [0.25, 0.3) is 22.0 Å². The Hall–Kier alpha value is -2.56. The van der Waals surface area contributed by atoms with E-state index in [4.69, 9.17) is 0 Å². The van der Waals surface area contributed by atoms with Gasteiger partial charge in [-0.1, -0.05) is 18.2 Å². The first kappa shape index (κ1) is 12.5. The van der Waals surface area contributed by atoms with Crippen molar-refractivity contribution in [1.82, 2.24) is 15.0 Å². The third kappa shape index (κ3) is 2.18. The van der Waals surface area contributed by atoms with Crippen LogP contribution in [0.5, 0.6) is 0 Å². The number of rotatable bonds is 3. The summed E-state index contributed by atoms with van der Waals surface area (Å²) in [4.78, 5) is 12.3. The molecule has 1 N–H and O–H groups in total. The van der Waals surface area contributed by atoms with E-state index in [2.05, 4.69) is 20.3 Å². The fraction of sp³-hybridized carbons (Fsp3) is 0.133. The summed E-state index contributed by atoms with van der Waals surface area (Å²) in [5, 5.41) is 4.86. The van der Waals surface area contributed by atoms with Crippen LogP contribution in [-0.4, -0.2) is 21.5 Å². The molecule has 0 spiro atoms. The van der Waals surface area contributed by atoms with E-state index in [1.807, 2.05) is 31.2 Å². The van der Waals surface area contributed by atoms with Gasteiger partial charge in [0.2, 0.25) is 5.95 Å². The minimum atomic E-state index is -0.434. The quantitative estimate of drug-likeness (QED) is 0.792. The minimum absolute atomic E-state index is 0.299. The van der Waals surface area contributed by atoms with Crippen molar-refractivity contribution in [3.8, 4) is 11.3 Å². The van der Waals surface area contributed by atoms with Gasteiger partial charge in [0.1, 0.15) is 5.69 Å². The lowest BCUT2D eigenvalue weighted by atomic mass is 10.0. The first-order valence-electron chi connectivity index (χ1n) is 6.39. The van der Waals surface area contributed by atoms with Crippen LogP contribution in [0.15, 0.2) is 42.9 Å². The molecule has 0 saturated heterocycles. The van der Waals surface area contributed by atoms with Gasteiger partial charge in [0.25, 0.3) is 0 Å². The van der Waals surface area contributed by atoms with Crippen molar-refractivity contribution in [3.63, 3.8) is 0 Å². The number of fused-ring (bicyclic) bond motifs is 1. The number of anilines is 1. The van der Waals surface area contributed by atoms with Gasteiger partial charge in [0.05, 0.1) is 6.20 Å². The number of aromatic nitrogens is 3. The van der Waals surface area contributed by atoms with E-state index >= 15 is 0 Å². The molecule has 2 heterocycles. The van der Waals surface area contributed by atoms with E-state index in [1.54, 1.807) is 12.4 Å². The molecular weight excluding hydrogens is 255 g/mol. The lowest BCUT2D eigenvalue weighted by Crippen LogP contribution is -2.04. The fourth-order valence-corrected chi connectivity index (χ4v) is 2.13. The summed E-state index contributed by atoms with van der Waals surface area (Å²) in [7, 11) is 0. The molecule has 5 heteroatoms. The number of nitrogens with zero attached hydrogens (tertiary/aromatic N) is 3. The Balaban J connectivity index is 2.22. The predicted molar refractivity (Wildman–Crippen MR) is 76.9 cm³/mol. The molecule has 3 rings (SSSR count). The molecular formula is C15H13FN4. The Morgan fingerprint density at radius 2 is 2.10 bits per heavy atom. The van der Waals surface area contributed by atoms with E-state index in [9.17, 15) is 4.39 Å². The van der Waals surface area contributed by atoms with Crippen molar-refractivity contribution < 1.29 is 4.39 Å². The number of benzene rings is 1. The smallest absolute Gasteiger partial charge is 0.223 e. The Labute approximate surface area is 115 Å². The lowest BCUT2D eigenvalue weighted by molar-refractivity contribution is 0.619. The highest BCUT2D eigenvalue weighted by atomic mass is 19.1. The Morgan fingerprint density at radius 1 is 1.20 bits per heavy atom. The summed E-state index contributed by atoms with van der Waals surface area (Å²) < 4.78 is 14.1. The average molecular weight is 268 g/mol. The van der Waals surface area contributed by atoms with E-state index < -0.39 is 5.82 Å². The van der Waals surface area contributed by atoms with Gasteiger partial charge in [-0.3, -0.25) is 4.98 Å². The molecule has 0 saturated carbocycles. The molecule has 1 aromatic carbocycles. The van der Waals surface area contributed by atoms with Gasteiger partial charge in [-0.15, -0.1) is 0 Å². The predicted octanol–water partition coefficient (Wildman–Crippen LogP) is 3.26. The van der Waals surface area contributed by atoms with Crippen molar-refractivity contribution in [2.24, 2.45) is 0 Å². The largest absolute Gasteiger partial charge is 0.354 e. The van der Waals surface area contributed by atoms with E-state index in [0.717, 1.165) is 16.3 Å². The summed E-state index contributed by atoms with van der Waals surface area (Å²) in [6.45, 7) is 2.63. The van der Waals surface area contributed by atoms with Crippen LogP contribution in [-0.2, 0) is 0 Å². The van der Waals surface area contributed by atoms with E-state index in [0.29, 0.717) is 18.2 Å². The molecule has 4 nitrogen and oxygen atoms in total. The molecule has 0 atom stereocenters. The standard InChI is InChI=1S/C15H13FN4/c1-2-18-15-19-9-13(16)14(20-15)12-5-3-4-10-8-17-7-6-11(10)12/h3-9H,2H2,1H3,(H,18,19,20). The molecule has 0 aliphatic heterocycles. The second-order valence-electron chi connectivity index (χ2n) is 4.32. The summed E-state index contributed by atoms with van der Waals surface area (Å²) >= 11 is 0. The van der Waals surface area contributed by atoms with Gasteiger partial charge >= 0.3 is 0 Å². The summed E-state index contributed by atoms with van der Waals surface area (Å²) in [5.74, 6) is -0.00840. The molecule has 0 radical (unpaired) electrons. The molecule has 3 aromatic rings. The normalized spacial score (nSPS) is 10.7. The Morgan fingerprint density at radius 3 is 2.95 bits per heavy atom. The number of pyridine rings is 1. The first-order valence-corrected chi connectivity index (χ1v) is 6.39. The number of nitrogens with one attached hydrogen (secondary N) is 1. The SMILES string of the molecule is CCNc1ncc(F)c(-c2cccc3cnccc23)n1. The maximum absolute atomic E-state index is 14.1. The highest BCUT2D eigenvalue weighted by molar-refractivity contribution is 5.95. The summed E-state index contributed by atoms with van der Waals surface area (Å²) in [6, 6.07) is 7.52. The summed E-state index contributed by atoms with van der Waals surface area (Å²) in [6.07, 6.45) is 4.64. The molecule has 0 amide bonds. The lowest BCUT2D eigenvalue weighted by Gasteiger charge is -2.08. The molecule has 20 heavy (non-hydrogen) atoms. The molecule has 0 bridgehead atoms. The van der Waals surface area contributed by atoms with Gasteiger partial charge in [-0.2, -0.15) is 0 Å². The summed E-state index contributed by atoms with van der Waals surface area (Å²) in [5.41, 5.74) is 1.04. The second kappa shape index (κ2) is 5.21. The van der Waals surface area contributed by atoms with E-state index in [-0.39, 0.29) is 0 Å². The van der Waals surface area contributed by atoms with E-state index in [1.165, 1.54) is 6.20 Å². The number of hydrogen-bond donors (Lipinski definition) is 1. The second-order valence-corrected chi connectivity index (χ2v) is 4.32. The maximum Gasteiger partial charge on any atom is 0.223 e. The number of hydrogen-bond acceptors (Lipinski definition) is 4. The Kier molecular flexibility index (Phi) is 3.25. The molecule has 100 valence electrons. The zero-order valence-electron chi connectivity index (χ0n) is 11.0. The monoisotopic (exact) mass is 268 g/mol. The van der Waals surface area contributed by atoms with Crippen LogP contribution in [0, 0.1) is 5.82 Å². The van der Waals surface area contributed by atoms with Gasteiger partial charge < -0.3 is 5.32 Å². The van der Waals surface area contributed by atoms with Gasteiger partial charge in [-0.25, -0.2) is 14.4 Å². The highest BCUT2D eigenvalue weighted by Gasteiger charge is 2.12. The van der Waals surface area contributed by atoms with Gasteiger partial charge in [-0.05, 0) is 18.4 Å². The fourth-order valence-electron chi connectivity index (χ4n) is 2.13. The van der Waals surface area contributed by atoms with Crippen LogP contribution < -0.4 is 5.32 Å². The van der Waals surface area contributed by atoms with Crippen molar-refractivity contribution >= 4 is 16.7 Å². The van der Waals surface area contributed by atoms with Crippen LogP contribution >= 0.6 is 0 Å². The van der Waals surface area contributed by atoms with Crippen molar-refractivity contribution in [3.05, 3.63) is 48.7 Å². The van der Waals surface area contributed by atoms with Gasteiger partial charge in [0, 0.05) is 29.9 Å². The maximum atomic E-state index is 14.1. The molecule has 0 fully saturated rings. The minimum Gasteiger partial charge on any atom is -0.354 e. The third-order valence-electron chi connectivity index (χ3n) is 3.01. The molecule has 0 aliphatic rings. The zero-order valence-corrected chi connectivity index (χ0v) is 11.0. The third-order valence-corrected chi connectivity index (χ3v) is 3.01. The van der Waals surface area contributed by atoms with Crippen LogP contribution in [0.2, 0.25) is 0 Å². The van der Waals surface area contributed by atoms with Gasteiger partial charge in [0.15, 0.2) is 5.82 Å². The van der Waals surface area contributed by atoms with Crippen LogP contribution in [0.1, 0.15) is 6.92 Å². The average Bonchev–Trinajstić information content (AvgIpc) is 2.49. The van der Waals surface area contributed by atoms with Crippen molar-refractivity contribution in [2.75, 3.05) is 11.9 Å². The zero-order chi connectivity index (χ0) is 13.9. The molecule has 0 aliphatic carbocycles. The van der Waals surface area contributed by atoms with Crippen LogP contribution in [0.4, 0.5) is 10.3 Å². The molecule has 0 unspecified atom stereocenters. The number of halogens is 1. The first-order chi connectivity index (χ1) is 9.79. The van der Waals surface area contributed by atoms with Crippen molar-refractivity contribution in [2.45, 2.75) is 6.92 Å².